The third kappa shape index (κ3) is 4.76. The zero-order valence-electron chi connectivity index (χ0n) is 10.6. The Morgan fingerprint density at radius 1 is 1.37 bits per heavy atom. The van der Waals surface area contributed by atoms with Crippen LogP contribution in [0.1, 0.15) is 22.3 Å². The molecule has 0 heterocycles. The Morgan fingerprint density at radius 2 is 2.11 bits per heavy atom. The summed E-state index contributed by atoms with van der Waals surface area (Å²) in [6, 6.07) is 2.37. The molecule has 3 nitrogen and oxygen atoms in total. The molecule has 6 heteroatoms. The molecule has 0 saturated carbocycles. The number of amides is 1. The lowest BCUT2D eigenvalue weighted by molar-refractivity contribution is 0.0936. The van der Waals surface area contributed by atoms with E-state index in [1.54, 1.807) is 0 Å². The standard InChI is InChI=1S/C13H16ClF2NO2/c1-9-3-4-10(15)11(12(9)16)13(18)17-6-2-7-19-8-5-14/h3-4H,2,5-8H2,1H3,(H,17,18). The van der Waals surface area contributed by atoms with Gasteiger partial charge < -0.3 is 10.1 Å². The fourth-order valence-corrected chi connectivity index (χ4v) is 1.60. The molecule has 1 aromatic carbocycles. The monoisotopic (exact) mass is 291 g/mol. The van der Waals surface area contributed by atoms with Crippen molar-refractivity contribution in [3.05, 3.63) is 34.9 Å². The molecule has 0 aliphatic rings. The summed E-state index contributed by atoms with van der Waals surface area (Å²) in [6.07, 6.45) is 0.553. The lowest BCUT2D eigenvalue weighted by Gasteiger charge is -2.08. The lowest BCUT2D eigenvalue weighted by Crippen LogP contribution is -2.27. The average Bonchev–Trinajstić information content (AvgIpc) is 2.38. The number of carbonyl (C=O) groups excluding carboxylic acids is 1. The van der Waals surface area contributed by atoms with E-state index in [2.05, 4.69) is 5.32 Å². The molecule has 0 saturated heterocycles. The van der Waals surface area contributed by atoms with Crippen LogP contribution in [-0.2, 0) is 4.74 Å². The molecule has 106 valence electrons. The van der Waals surface area contributed by atoms with Gasteiger partial charge in [-0.3, -0.25) is 4.79 Å². The Hall–Kier alpha value is -1.20. The molecule has 0 unspecified atom stereocenters. The van der Waals surface area contributed by atoms with Gasteiger partial charge >= 0.3 is 0 Å². The number of alkyl halides is 1. The van der Waals surface area contributed by atoms with Gasteiger partial charge in [-0.1, -0.05) is 6.07 Å². The SMILES string of the molecule is Cc1ccc(F)c(C(=O)NCCCOCCCl)c1F. The minimum absolute atomic E-state index is 0.233. The van der Waals surface area contributed by atoms with Crippen LogP contribution in [0, 0.1) is 18.6 Å². The second kappa shape index (κ2) is 8.07. The Morgan fingerprint density at radius 3 is 2.79 bits per heavy atom. The first kappa shape index (κ1) is 15.9. The van der Waals surface area contributed by atoms with E-state index in [0.29, 0.717) is 25.5 Å². The van der Waals surface area contributed by atoms with Gasteiger partial charge in [-0.2, -0.15) is 0 Å². The molecule has 0 aliphatic carbocycles. The molecule has 1 aromatic rings. The summed E-state index contributed by atoms with van der Waals surface area (Å²) in [7, 11) is 0. The van der Waals surface area contributed by atoms with Gasteiger partial charge in [0.15, 0.2) is 0 Å². The average molecular weight is 292 g/mol. The van der Waals surface area contributed by atoms with Crippen LogP contribution in [0.15, 0.2) is 12.1 Å². The molecule has 19 heavy (non-hydrogen) atoms. The number of hydrogen-bond acceptors (Lipinski definition) is 2. The molecule has 0 aromatic heterocycles. The van der Waals surface area contributed by atoms with E-state index in [1.165, 1.54) is 13.0 Å². The van der Waals surface area contributed by atoms with Crippen molar-refractivity contribution in [3.8, 4) is 0 Å². The number of carbonyl (C=O) groups is 1. The predicted molar refractivity (Wildman–Crippen MR) is 69.6 cm³/mol. The zero-order valence-corrected chi connectivity index (χ0v) is 11.4. The normalized spacial score (nSPS) is 10.5. The van der Waals surface area contributed by atoms with Crippen LogP contribution in [0.3, 0.4) is 0 Å². The summed E-state index contributed by atoms with van der Waals surface area (Å²) in [4.78, 5) is 11.7. The van der Waals surface area contributed by atoms with Crippen LogP contribution in [0.4, 0.5) is 8.78 Å². The maximum absolute atomic E-state index is 13.6. The summed E-state index contributed by atoms with van der Waals surface area (Å²) in [6.45, 7) is 2.64. The van der Waals surface area contributed by atoms with Crippen LogP contribution >= 0.6 is 11.6 Å². The number of rotatable bonds is 7. The van der Waals surface area contributed by atoms with Crippen LogP contribution in [0.25, 0.3) is 0 Å². The van der Waals surface area contributed by atoms with E-state index in [1.807, 2.05) is 0 Å². The highest BCUT2D eigenvalue weighted by atomic mass is 35.5. The first-order valence-corrected chi connectivity index (χ1v) is 6.48. The highest BCUT2D eigenvalue weighted by Gasteiger charge is 2.18. The molecule has 0 radical (unpaired) electrons. The van der Waals surface area contributed by atoms with E-state index in [9.17, 15) is 13.6 Å². The zero-order chi connectivity index (χ0) is 14.3. The van der Waals surface area contributed by atoms with E-state index in [-0.39, 0.29) is 12.1 Å². The highest BCUT2D eigenvalue weighted by Crippen LogP contribution is 2.15. The van der Waals surface area contributed by atoms with Gasteiger partial charge in [0.05, 0.1) is 6.61 Å². The first-order chi connectivity index (χ1) is 9.07. The van der Waals surface area contributed by atoms with Crippen molar-refractivity contribution in [2.45, 2.75) is 13.3 Å². The van der Waals surface area contributed by atoms with E-state index in [0.717, 1.165) is 6.07 Å². The Bertz CT molecular complexity index is 441. The van der Waals surface area contributed by atoms with Gasteiger partial charge in [0.1, 0.15) is 17.2 Å². The molecule has 0 bridgehead atoms. The van der Waals surface area contributed by atoms with Crippen molar-refractivity contribution in [1.29, 1.82) is 0 Å². The van der Waals surface area contributed by atoms with Gasteiger partial charge in [0.25, 0.3) is 5.91 Å². The number of nitrogens with one attached hydrogen (secondary N) is 1. The van der Waals surface area contributed by atoms with Gasteiger partial charge in [-0.15, -0.1) is 11.6 Å². The van der Waals surface area contributed by atoms with Gasteiger partial charge in [-0.05, 0) is 25.0 Å². The maximum atomic E-state index is 13.6. The summed E-state index contributed by atoms with van der Waals surface area (Å²) in [5, 5.41) is 2.45. The number of hydrogen-bond donors (Lipinski definition) is 1. The Kier molecular flexibility index (Phi) is 6.73. The van der Waals surface area contributed by atoms with Crippen LogP contribution in [0.2, 0.25) is 0 Å². The van der Waals surface area contributed by atoms with Crippen molar-refractivity contribution >= 4 is 17.5 Å². The molecular weight excluding hydrogens is 276 g/mol. The number of benzene rings is 1. The second-order valence-electron chi connectivity index (χ2n) is 3.96. The molecule has 0 atom stereocenters. The summed E-state index contributed by atoms with van der Waals surface area (Å²) >= 11 is 5.42. The fourth-order valence-electron chi connectivity index (χ4n) is 1.49. The predicted octanol–water partition coefficient (Wildman–Crippen LogP) is 2.65. The number of aryl methyl sites for hydroxylation is 1. The van der Waals surface area contributed by atoms with Gasteiger partial charge in [-0.25, -0.2) is 8.78 Å². The van der Waals surface area contributed by atoms with E-state index >= 15 is 0 Å². The van der Waals surface area contributed by atoms with Crippen molar-refractivity contribution < 1.29 is 18.3 Å². The van der Waals surface area contributed by atoms with Crippen molar-refractivity contribution in [3.63, 3.8) is 0 Å². The third-order valence-corrected chi connectivity index (χ3v) is 2.64. The van der Waals surface area contributed by atoms with Crippen LogP contribution in [-0.4, -0.2) is 31.5 Å². The van der Waals surface area contributed by atoms with Crippen molar-refractivity contribution in [2.24, 2.45) is 0 Å². The first-order valence-electron chi connectivity index (χ1n) is 5.94. The maximum Gasteiger partial charge on any atom is 0.257 e. The Balaban J connectivity index is 2.48. The lowest BCUT2D eigenvalue weighted by atomic mass is 10.1. The topological polar surface area (TPSA) is 38.3 Å². The van der Waals surface area contributed by atoms with Crippen molar-refractivity contribution in [2.75, 3.05) is 25.6 Å². The van der Waals surface area contributed by atoms with E-state index < -0.39 is 23.1 Å². The van der Waals surface area contributed by atoms with Crippen LogP contribution in [0.5, 0.6) is 0 Å². The molecule has 0 aliphatic heterocycles. The molecule has 0 spiro atoms. The third-order valence-electron chi connectivity index (χ3n) is 2.48. The minimum Gasteiger partial charge on any atom is -0.380 e. The molecule has 1 rings (SSSR count). The van der Waals surface area contributed by atoms with Crippen molar-refractivity contribution in [1.82, 2.24) is 5.32 Å². The second-order valence-corrected chi connectivity index (χ2v) is 4.34. The summed E-state index contributed by atoms with van der Waals surface area (Å²) in [5.74, 6) is -2.03. The largest absolute Gasteiger partial charge is 0.380 e. The smallest absolute Gasteiger partial charge is 0.257 e. The highest BCUT2D eigenvalue weighted by molar-refractivity contribution is 6.17. The van der Waals surface area contributed by atoms with Gasteiger partial charge in [0.2, 0.25) is 0 Å². The van der Waals surface area contributed by atoms with Gasteiger partial charge in [0, 0.05) is 19.0 Å². The van der Waals surface area contributed by atoms with E-state index in [4.69, 9.17) is 16.3 Å². The molecule has 1 amide bonds. The molecular formula is C13H16ClF2NO2. The fraction of sp³-hybridized carbons (Fsp3) is 0.462. The minimum atomic E-state index is -0.862. The number of ether oxygens (including phenoxy) is 1. The molecule has 1 N–H and O–H groups in total. The quantitative estimate of drug-likeness (QED) is 0.619. The Labute approximate surface area is 115 Å². The molecule has 0 fully saturated rings. The van der Waals surface area contributed by atoms with Crippen LogP contribution < -0.4 is 5.32 Å². The number of halogens is 3. The summed E-state index contributed by atoms with van der Waals surface area (Å²) in [5.41, 5.74) is -0.307. The summed E-state index contributed by atoms with van der Waals surface area (Å²) < 4.78 is 32.2.